The number of carbonyl (C=O) groups excluding carboxylic acids is 1. The minimum Gasteiger partial charge on any atom is -0.496 e. The van der Waals surface area contributed by atoms with Crippen molar-refractivity contribution >= 4 is 5.91 Å². The summed E-state index contributed by atoms with van der Waals surface area (Å²) in [6.07, 6.45) is 4.97. The summed E-state index contributed by atoms with van der Waals surface area (Å²) in [4.78, 5) is 16.8. The van der Waals surface area contributed by atoms with Crippen molar-refractivity contribution in [3.8, 4) is 28.3 Å². The number of hydrogen-bond acceptors (Lipinski definition) is 5. The SMILES string of the molecule is CCCOCCCNC(=O)c1cncn1-c1ccc(-c2c(OC)cccc2OC)cc1. The maximum Gasteiger partial charge on any atom is 0.269 e. The van der Waals surface area contributed by atoms with Crippen molar-refractivity contribution in [2.75, 3.05) is 34.0 Å². The summed E-state index contributed by atoms with van der Waals surface area (Å²) in [7, 11) is 3.28. The van der Waals surface area contributed by atoms with Crippen molar-refractivity contribution in [2.24, 2.45) is 0 Å². The van der Waals surface area contributed by atoms with Gasteiger partial charge >= 0.3 is 0 Å². The summed E-state index contributed by atoms with van der Waals surface area (Å²) in [5, 5.41) is 2.93. The molecule has 1 heterocycles. The zero-order chi connectivity index (χ0) is 22.1. The van der Waals surface area contributed by atoms with Gasteiger partial charge in [-0.05, 0) is 42.7 Å². The Hall–Kier alpha value is -3.32. The van der Waals surface area contributed by atoms with Crippen molar-refractivity contribution in [3.63, 3.8) is 0 Å². The van der Waals surface area contributed by atoms with Crippen LogP contribution in [0.4, 0.5) is 0 Å². The van der Waals surface area contributed by atoms with E-state index < -0.39 is 0 Å². The van der Waals surface area contributed by atoms with Crippen molar-refractivity contribution in [3.05, 3.63) is 60.7 Å². The fraction of sp³-hybridized carbons (Fsp3) is 0.333. The molecule has 31 heavy (non-hydrogen) atoms. The topological polar surface area (TPSA) is 74.6 Å². The van der Waals surface area contributed by atoms with E-state index in [4.69, 9.17) is 14.2 Å². The lowest BCUT2D eigenvalue weighted by Crippen LogP contribution is -2.27. The van der Waals surface area contributed by atoms with E-state index in [9.17, 15) is 4.79 Å². The number of nitrogens with zero attached hydrogens (tertiary/aromatic N) is 2. The highest BCUT2D eigenvalue weighted by Gasteiger charge is 2.15. The maximum absolute atomic E-state index is 12.6. The molecule has 164 valence electrons. The van der Waals surface area contributed by atoms with Crippen LogP contribution in [0, 0.1) is 0 Å². The summed E-state index contributed by atoms with van der Waals surface area (Å²) in [6, 6.07) is 13.5. The van der Waals surface area contributed by atoms with E-state index in [2.05, 4.69) is 17.2 Å². The number of carbonyl (C=O) groups is 1. The van der Waals surface area contributed by atoms with Gasteiger partial charge in [0.05, 0.1) is 32.3 Å². The summed E-state index contributed by atoms with van der Waals surface area (Å²) in [6.45, 7) is 4.02. The van der Waals surface area contributed by atoms with Crippen LogP contribution in [-0.2, 0) is 4.74 Å². The van der Waals surface area contributed by atoms with Crippen molar-refractivity contribution in [1.82, 2.24) is 14.9 Å². The highest BCUT2D eigenvalue weighted by Crippen LogP contribution is 2.38. The van der Waals surface area contributed by atoms with E-state index in [1.165, 1.54) is 0 Å². The monoisotopic (exact) mass is 423 g/mol. The molecule has 0 atom stereocenters. The van der Waals surface area contributed by atoms with Gasteiger partial charge in [0.15, 0.2) is 0 Å². The molecule has 0 aliphatic rings. The number of ether oxygens (including phenoxy) is 3. The van der Waals surface area contributed by atoms with Gasteiger partial charge in [-0.15, -0.1) is 0 Å². The van der Waals surface area contributed by atoms with Crippen LogP contribution in [0.25, 0.3) is 16.8 Å². The normalized spacial score (nSPS) is 10.7. The average Bonchev–Trinajstić information content (AvgIpc) is 3.31. The van der Waals surface area contributed by atoms with Gasteiger partial charge in [0.2, 0.25) is 0 Å². The van der Waals surface area contributed by atoms with Crippen molar-refractivity contribution in [2.45, 2.75) is 19.8 Å². The molecule has 2 aromatic carbocycles. The Kier molecular flexibility index (Phi) is 8.06. The van der Waals surface area contributed by atoms with E-state index >= 15 is 0 Å². The molecule has 7 nitrogen and oxygen atoms in total. The number of aromatic nitrogens is 2. The molecule has 0 saturated heterocycles. The first-order valence-electron chi connectivity index (χ1n) is 10.4. The Morgan fingerprint density at radius 1 is 1.03 bits per heavy atom. The third-order valence-electron chi connectivity index (χ3n) is 4.83. The first-order chi connectivity index (χ1) is 15.2. The van der Waals surface area contributed by atoms with Crippen LogP contribution in [0.1, 0.15) is 30.3 Å². The predicted molar refractivity (Wildman–Crippen MR) is 120 cm³/mol. The first-order valence-corrected chi connectivity index (χ1v) is 10.4. The van der Waals surface area contributed by atoms with E-state index in [0.717, 1.165) is 47.8 Å². The molecule has 7 heteroatoms. The molecular formula is C24H29N3O4. The molecule has 3 aromatic rings. The number of benzene rings is 2. The van der Waals surface area contributed by atoms with Crippen molar-refractivity contribution in [1.29, 1.82) is 0 Å². The number of nitrogens with one attached hydrogen (secondary N) is 1. The Bertz CT molecular complexity index is 960. The lowest BCUT2D eigenvalue weighted by molar-refractivity contribution is 0.0934. The Morgan fingerprint density at radius 3 is 2.39 bits per heavy atom. The van der Waals surface area contributed by atoms with Crippen LogP contribution in [0.2, 0.25) is 0 Å². The number of rotatable bonds is 11. The maximum atomic E-state index is 12.6. The second-order valence-electron chi connectivity index (χ2n) is 6.96. The molecule has 0 aliphatic heterocycles. The van der Waals surface area contributed by atoms with Gasteiger partial charge in [-0.2, -0.15) is 0 Å². The van der Waals surface area contributed by atoms with Gasteiger partial charge < -0.3 is 19.5 Å². The molecule has 0 spiro atoms. The fourth-order valence-corrected chi connectivity index (χ4v) is 3.31. The summed E-state index contributed by atoms with van der Waals surface area (Å²) >= 11 is 0. The van der Waals surface area contributed by atoms with E-state index in [0.29, 0.717) is 18.8 Å². The van der Waals surface area contributed by atoms with Crippen LogP contribution in [0.15, 0.2) is 55.0 Å². The Morgan fingerprint density at radius 2 is 1.74 bits per heavy atom. The average molecular weight is 424 g/mol. The van der Waals surface area contributed by atoms with Crippen LogP contribution >= 0.6 is 0 Å². The third kappa shape index (κ3) is 5.44. The predicted octanol–water partition coefficient (Wildman–Crippen LogP) is 4.10. The lowest BCUT2D eigenvalue weighted by atomic mass is 10.0. The molecule has 1 aromatic heterocycles. The molecule has 0 saturated carbocycles. The standard InChI is InChI=1S/C24H29N3O4/c1-4-14-31-15-6-13-26-24(28)20-16-25-17-27(20)19-11-9-18(10-12-19)23-21(29-2)7-5-8-22(23)30-3/h5,7-12,16-17H,4,6,13-15H2,1-3H3,(H,26,28). The van der Waals surface area contributed by atoms with E-state index in [1.54, 1.807) is 31.3 Å². The minimum absolute atomic E-state index is 0.163. The molecule has 3 rings (SSSR count). The number of methoxy groups -OCH3 is 2. The summed E-state index contributed by atoms with van der Waals surface area (Å²) in [5.74, 6) is 1.30. The molecule has 0 unspecified atom stereocenters. The first kappa shape index (κ1) is 22.4. The minimum atomic E-state index is -0.163. The van der Waals surface area contributed by atoms with Gasteiger partial charge in [0.25, 0.3) is 5.91 Å². The molecular weight excluding hydrogens is 394 g/mol. The van der Waals surface area contributed by atoms with Gasteiger partial charge in [0.1, 0.15) is 17.2 Å². The highest BCUT2D eigenvalue weighted by molar-refractivity contribution is 5.93. The molecule has 0 radical (unpaired) electrons. The smallest absolute Gasteiger partial charge is 0.269 e. The van der Waals surface area contributed by atoms with Crippen LogP contribution < -0.4 is 14.8 Å². The Labute approximate surface area is 183 Å². The zero-order valence-corrected chi connectivity index (χ0v) is 18.3. The second kappa shape index (κ2) is 11.2. The van der Waals surface area contributed by atoms with Crippen LogP contribution in [0.3, 0.4) is 0 Å². The summed E-state index contributed by atoms with van der Waals surface area (Å²) in [5.41, 5.74) is 3.16. The van der Waals surface area contributed by atoms with Gasteiger partial charge in [-0.3, -0.25) is 9.36 Å². The molecule has 0 bridgehead atoms. The quantitative estimate of drug-likeness (QED) is 0.470. The fourth-order valence-electron chi connectivity index (χ4n) is 3.31. The van der Waals surface area contributed by atoms with E-state index in [-0.39, 0.29) is 5.91 Å². The molecule has 0 aliphatic carbocycles. The molecule has 0 fully saturated rings. The second-order valence-corrected chi connectivity index (χ2v) is 6.96. The van der Waals surface area contributed by atoms with Gasteiger partial charge in [-0.25, -0.2) is 4.98 Å². The van der Waals surface area contributed by atoms with Crippen LogP contribution in [-0.4, -0.2) is 49.4 Å². The van der Waals surface area contributed by atoms with Crippen molar-refractivity contribution < 1.29 is 19.0 Å². The Balaban J connectivity index is 1.74. The van der Waals surface area contributed by atoms with E-state index in [1.807, 2.05) is 42.5 Å². The van der Waals surface area contributed by atoms with Crippen LogP contribution in [0.5, 0.6) is 11.5 Å². The molecule has 1 amide bonds. The third-order valence-corrected chi connectivity index (χ3v) is 4.83. The number of hydrogen-bond donors (Lipinski definition) is 1. The summed E-state index contributed by atoms with van der Waals surface area (Å²) < 4.78 is 18.2. The lowest BCUT2D eigenvalue weighted by Gasteiger charge is -2.14. The number of amides is 1. The van der Waals surface area contributed by atoms with Gasteiger partial charge in [0, 0.05) is 25.4 Å². The highest BCUT2D eigenvalue weighted by atomic mass is 16.5. The number of imidazole rings is 1. The van der Waals surface area contributed by atoms with Gasteiger partial charge in [-0.1, -0.05) is 25.1 Å². The largest absolute Gasteiger partial charge is 0.496 e. The zero-order valence-electron chi connectivity index (χ0n) is 18.3. The molecule has 1 N–H and O–H groups in total.